The Labute approximate surface area is 125 Å². The van der Waals surface area contributed by atoms with Crippen molar-refractivity contribution in [2.45, 2.75) is 6.92 Å². The first-order chi connectivity index (χ1) is 10.1. The number of thiazole rings is 1. The maximum atomic E-state index is 11.9. The van der Waals surface area contributed by atoms with Gasteiger partial charge in [-0.15, -0.1) is 11.3 Å². The van der Waals surface area contributed by atoms with Crippen molar-refractivity contribution in [3.8, 4) is 5.75 Å². The number of ether oxygens (including phenoxy) is 2. The second kappa shape index (κ2) is 6.85. The lowest BCUT2D eigenvalue weighted by Crippen LogP contribution is -2.21. The van der Waals surface area contributed by atoms with Crippen LogP contribution < -0.4 is 10.1 Å². The average molecular weight is 306 g/mol. The fraction of sp³-hybridized carbons (Fsp3) is 0.214. The molecule has 2 aromatic rings. The van der Waals surface area contributed by atoms with Gasteiger partial charge in [-0.25, -0.2) is 9.78 Å². The maximum absolute atomic E-state index is 11.9. The van der Waals surface area contributed by atoms with Gasteiger partial charge in [0.15, 0.2) is 11.7 Å². The van der Waals surface area contributed by atoms with Crippen LogP contribution in [0, 0.1) is 6.92 Å². The molecule has 0 bridgehead atoms. The first-order valence-corrected chi connectivity index (χ1v) is 6.99. The number of nitrogens with one attached hydrogen (secondary N) is 1. The highest BCUT2D eigenvalue weighted by Gasteiger charge is 2.13. The summed E-state index contributed by atoms with van der Waals surface area (Å²) in [6, 6.07) is 5.00. The zero-order valence-electron chi connectivity index (χ0n) is 11.6. The van der Waals surface area contributed by atoms with Crippen molar-refractivity contribution < 1.29 is 19.1 Å². The molecule has 0 fully saturated rings. The lowest BCUT2D eigenvalue weighted by atomic mass is 10.1. The number of anilines is 1. The summed E-state index contributed by atoms with van der Waals surface area (Å²) in [7, 11) is 1.55. The molecule has 0 aliphatic heterocycles. The molecule has 2 rings (SSSR count). The van der Waals surface area contributed by atoms with Gasteiger partial charge in [-0.2, -0.15) is 0 Å². The molecule has 0 unspecified atom stereocenters. The normalized spacial score (nSPS) is 10.0. The van der Waals surface area contributed by atoms with Crippen LogP contribution in [-0.4, -0.2) is 30.6 Å². The van der Waals surface area contributed by atoms with Gasteiger partial charge in [-0.3, -0.25) is 10.1 Å². The summed E-state index contributed by atoms with van der Waals surface area (Å²) in [5, 5.41) is 4.74. The van der Waals surface area contributed by atoms with E-state index in [1.165, 1.54) is 11.3 Å². The average Bonchev–Trinajstić information content (AvgIpc) is 2.97. The van der Waals surface area contributed by atoms with Crippen LogP contribution in [0.5, 0.6) is 5.75 Å². The van der Waals surface area contributed by atoms with Crippen molar-refractivity contribution in [2.24, 2.45) is 0 Å². The van der Waals surface area contributed by atoms with E-state index in [4.69, 9.17) is 9.47 Å². The number of aromatic nitrogens is 1. The van der Waals surface area contributed by atoms with Gasteiger partial charge >= 0.3 is 5.97 Å². The number of aryl methyl sites for hydroxylation is 1. The Bertz CT molecular complexity index is 640. The topological polar surface area (TPSA) is 77.5 Å². The Hall–Kier alpha value is -2.41. The Morgan fingerprint density at radius 2 is 2.19 bits per heavy atom. The molecule has 21 heavy (non-hydrogen) atoms. The molecule has 110 valence electrons. The largest absolute Gasteiger partial charge is 0.497 e. The lowest BCUT2D eigenvalue weighted by molar-refractivity contribution is -0.119. The van der Waals surface area contributed by atoms with Crippen molar-refractivity contribution in [3.05, 3.63) is 40.9 Å². The fourth-order valence-corrected chi connectivity index (χ4v) is 2.19. The van der Waals surface area contributed by atoms with E-state index in [-0.39, 0.29) is 6.61 Å². The van der Waals surface area contributed by atoms with Gasteiger partial charge in [0.1, 0.15) is 5.75 Å². The first-order valence-electron chi connectivity index (χ1n) is 6.11. The van der Waals surface area contributed by atoms with E-state index in [1.807, 2.05) is 0 Å². The standard InChI is InChI=1S/C14H14N2O4S/c1-9-7-10(19-2)3-4-11(9)13(18)20-8-12(17)16-14-15-5-6-21-14/h3-7H,8H2,1-2H3,(H,15,16,17). The highest BCUT2D eigenvalue weighted by molar-refractivity contribution is 7.13. The van der Waals surface area contributed by atoms with Gasteiger partial charge in [-0.1, -0.05) is 0 Å². The summed E-state index contributed by atoms with van der Waals surface area (Å²) in [5.74, 6) is -0.320. The molecule has 6 nitrogen and oxygen atoms in total. The van der Waals surface area contributed by atoms with E-state index in [0.29, 0.717) is 16.4 Å². The number of nitrogens with zero attached hydrogens (tertiary/aromatic N) is 1. The minimum absolute atomic E-state index is 0.357. The van der Waals surface area contributed by atoms with Crippen molar-refractivity contribution in [2.75, 3.05) is 19.0 Å². The van der Waals surface area contributed by atoms with Crippen LogP contribution in [0.1, 0.15) is 15.9 Å². The molecular formula is C14H14N2O4S. The van der Waals surface area contributed by atoms with Gasteiger partial charge in [-0.05, 0) is 30.7 Å². The Morgan fingerprint density at radius 1 is 1.38 bits per heavy atom. The maximum Gasteiger partial charge on any atom is 0.338 e. The monoisotopic (exact) mass is 306 g/mol. The lowest BCUT2D eigenvalue weighted by Gasteiger charge is -2.08. The van der Waals surface area contributed by atoms with Crippen LogP contribution in [0.15, 0.2) is 29.8 Å². The third-order valence-electron chi connectivity index (χ3n) is 2.67. The Morgan fingerprint density at radius 3 is 2.81 bits per heavy atom. The first kappa shape index (κ1) is 15.0. The molecule has 0 saturated carbocycles. The van der Waals surface area contributed by atoms with E-state index in [1.54, 1.807) is 43.8 Å². The highest BCUT2D eigenvalue weighted by Crippen LogP contribution is 2.17. The fourth-order valence-electron chi connectivity index (χ4n) is 1.64. The Balaban J connectivity index is 1.91. The number of rotatable bonds is 5. The minimum Gasteiger partial charge on any atom is -0.497 e. The molecule has 0 aliphatic carbocycles. The second-order valence-corrected chi connectivity index (χ2v) is 5.04. The third kappa shape index (κ3) is 4.03. The number of benzene rings is 1. The second-order valence-electron chi connectivity index (χ2n) is 4.14. The number of amides is 1. The van der Waals surface area contributed by atoms with Crippen LogP contribution >= 0.6 is 11.3 Å². The molecule has 0 saturated heterocycles. The molecule has 1 N–H and O–H groups in total. The van der Waals surface area contributed by atoms with Crippen LogP contribution in [0.25, 0.3) is 0 Å². The van der Waals surface area contributed by atoms with Gasteiger partial charge in [0, 0.05) is 11.6 Å². The molecular weight excluding hydrogens is 292 g/mol. The summed E-state index contributed by atoms with van der Waals surface area (Å²) < 4.78 is 10.0. The predicted molar refractivity (Wildman–Crippen MR) is 78.8 cm³/mol. The predicted octanol–water partition coefficient (Wildman–Crippen LogP) is 2.26. The molecule has 0 atom stereocenters. The van der Waals surface area contributed by atoms with E-state index >= 15 is 0 Å². The van der Waals surface area contributed by atoms with Crippen molar-refractivity contribution in [1.82, 2.24) is 4.98 Å². The minimum atomic E-state index is -0.551. The van der Waals surface area contributed by atoms with E-state index in [0.717, 1.165) is 5.56 Å². The Kier molecular flexibility index (Phi) is 4.89. The highest BCUT2D eigenvalue weighted by atomic mass is 32.1. The van der Waals surface area contributed by atoms with Crippen LogP contribution in [0.3, 0.4) is 0 Å². The molecule has 1 amide bonds. The summed E-state index contributed by atoms with van der Waals surface area (Å²) in [5.41, 5.74) is 1.12. The third-order valence-corrected chi connectivity index (χ3v) is 3.36. The van der Waals surface area contributed by atoms with E-state index in [2.05, 4.69) is 10.3 Å². The molecule has 1 heterocycles. The SMILES string of the molecule is COc1ccc(C(=O)OCC(=O)Nc2nccs2)c(C)c1. The number of hydrogen-bond acceptors (Lipinski definition) is 6. The number of carbonyl (C=O) groups is 2. The van der Waals surface area contributed by atoms with E-state index < -0.39 is 11.9 Å². The quantitative estimate of drug-likeness (QED) is 0.857. The molecule has 1 aromatic carbocycles. The molecule has 0 radical (unpaired) electrons. The smallest absolute Gasteiger partial charge is 0.338 e. The summed E-state index contributed by atoms with van der Waals surface area (Å²) >= 11 is 1.29. The number of carbonyl (C=O) groups excluding carboxylic acids is 2. The van der Waals surface area contributed by atoms with Crippen molar-refractivity contribution in [3.63, 3.8) is 0 Å². The van der Waals surface area contributed by atoms with Gasteiger partial charge < -0.3 is 9.47 Å². The van der Waals surface area contributed by atoms with Crippen LogP contribution in [-0.2, 0) is 9.53 Å². The summed E-state index contributed by atoms with van der Waals surface area (Å²) in [6.45, 7) is 1.42. The van der Waals surface area contributed by atoms with E-state index in [9.17, 15) is 9.59 Å². The van der Waals surface area contributed by atoms with Gasteiger partial charge in [0.05, 0.1) is 12.7 Å². The van der Waals surface area contributed by atoms with Gasteiger partial charge in [0.2, 0.25) is 0 Å². The zero-order chi connectivity index (χ0) is 15.2. The van der Waals surface area contributed by atoms with Crippen LogP contribution in [0.4, 0.5) is 5.13 Å². The molecule has 1 aromatic heterocycles. The number of esters is 1. The van der Waals surface area contributed by atoms with Gasteiger partial charge in [0.25, 0.3) is 5.91 Å². The summed E-state index contributed by atoms with van der Waals surface area (Å²) in [4.78, 5) is 27.4. The molecule has 7 heteroatoms. The molecule has 0 spiro atoms. The van der Waals surface area contributed by atoms with Crippen molar-refractivity contribution in [1.29, 1.82) is 0 Å². The van der Waals surface area contributed by atoms with Crippen LogP contribution in [0.2, 0.25) is 0 Å². The number of hydrogen-bond donors (Lipinski definition) is 1. The summed E-state index contributed by atoms with van der Waals surface area (Å²) in [6.07, 6.45) is 1.58. The van der Waals surface area contributed by atoms with Crippen molar-refractivity contribution >= 4 is 28.3 Å². The molecule has 0 aliphatic rings. The zero-order valence-corrected chi connectivity index (χ0v) is 12.4. The number of methoxy groups -OCH3 is 1.